The number of nitrogens with zero attached hydrogens (tertiary/aromatic N) is 1. The molecule has 0 spiro atoms. The van der Waals surface area contributed by atoms with Crippen LogP contribution >= 0.6 is 15.9 Å². The summed E-state index contributed by atoms with van der Waals surface area (Å²) in [7, 11) is 0. The maximum atomic E-state index is 14.2. The smallest absolute Gasteiger partial charge is 0.239 e. The van der Waals surface area contributed by atoms with Crippen LogP contribution in [0.5, 0.6) is 0 Å². The number of carbonyl (C=O) groups is 3. The lowest BCUT2D eigenvalue weighted by atomic mass is 9.63. The van der Waals surface area contributed by atoms with E-state index in [1.54, 1.807) is 12.1 Å². The number of anilines is 1. The van der Waals surface area contributed by atoms with Crippen molar-refractivity contribution in [3.63, 3.8) is 0 Å². The van der Waals surface area contributed by atoms with Gasteiger partial charge in [0, 0.05) is 4.47 Å². The molecule has 2 fully saturated rings. The molecule has 0 N–H and O–H groups in total. The van der Waals surface area contributed by atoms with Gasteiger partial charge in [-0.1, -0.05) is 76.6 Å². The topological polar surface area (TPSA) is 54.5 Å². The van der Waals surface area contributed by atoms with Gasteiger partial charge in [0.25, 0.3) is 0 Å². The number of allylic oxidation sites excluding steroid dienone is 2. The fourth-order valence-corrected chi connectivity index (χ4v) is 6.92. The zero-order valence-electron chi connectivity index (χ0n) is 18.8. The van der Waals surface area contributed by atoms with Gasteiger partial charge in [-0.15, -0.1) is 0 Å². The summed E-state index contributed by atoms with van der Waals surface area (Å²) >= 11 is 3.41. The molecule has 168 valence electrons. The standard InChI is InChI=1S/C29H22BrNO3/c1-28-21(17-9-5-3-6-10-17)22(18-11-7-4-8-12-18)29(2,27(28)34)24-23(28)25(32)31(26(24)33)20-15-13-19(30)14-16-20/h3-16,23-24H,1-2H3/t23-,24+,28-,29+. The van der Waals surface area contributed by atoms with Crippen LogP contribution in [0, 0.1) is 22.7 Å². The largest absolute Gasteiger partial charge is 0.298 e. The summed E-state index contributed by atoms with van der Waals surface area (Å²) in [6.07, 6.45) is 0. The first kappa shape index (κ1) is 21.2. The van der Waals surface area contributed by atoms with E-state index in [1.807, 2.05) is 86.6 Å². The van der Waals surface area contributed by atoms with Crippen molar-refractivity contribution in [3.8, 4) is 0 Å². The summed E-state index contributed by atoms with van der Waals surface area (Å²) in [6, 6.07) is 26.8. The van der Waals surface area contributed by atoms with Crippen LogP contribution in [-0.2, 0) is 14.4 Å². The second kappa shape index (κ2) is 7.09. The van der Waals surface area contributed by atoms with Crippen molar-refractivity contribution < 1.29 is 14.4 Å². The quantitative estimate of drug-likeness (QED) is 0.419. The van der Waals surface area contributed by atoms with Gasteiger partial charge in [-0.25, -0.2) is 4.90 Å². The Bertz CT molecular complexity index is 1310. The SMILES string of the molecule is C[C@]12C(=O)[C@](C)(C(c3ccccc3)=C1c1ccccc1)[C@H]1C(=O)N(c3ccc(Br)cc3)C(=O)[C@H]12. The fourth-order valence-electron chi connectivity index (χ4n) is 6.65. The third kappa shape index (κ3) is 2.45. The van der Waals surface area contributed by atoms with E-state index in [9.17, 15) is 14.4 Å². The number of ketones is 1. The zero-order valence-corrected chi connectivity index (χ0v) is 20.4. The first-order valence-electron chi connectivity index (χ1n) is 11.4. The molecule has 0 unspecified atom stereocenters. The number of Topliss-reactive ketones (excluding diaryl/α,β-unsaturated/α-hetero) is 1. The summed E-state index contributed by atoms with van der Waals surface area (Å²) in [4.78, 5) is 43.3. The number of benzene rings is 3. The van der Waals surface area contributed by atoms with Crippen molar-refractivity contribution in [2.24, 2.45) is 22.7 Å². The van der Waals surface area contributed by atoms with Gasteiger partial charge in [-0.2, -0.15) is 0 Å². The Kier molecular flexibility index (Phi) is 4.43. The molecule has 1 saturated carbocycles. The minimum atomic E-state index is -1.09. The van der Waals surface area contributed by atoms with E-state index in [4.69, 9.17) is 0 Å². The van der Waals surface area contributed by atoms with Gasteiger partial charge in [0.15, 0.2) is 5.78 Å². The van der Waals surface area contributed by atoms with Crippen molar-refractivity contribution >= 4 is 50.4 Å². The van der Waals surface area contributed by atoms with E-state index in [0.29, 0.717) is 5.69 Å². The predicted octanol–water partition coefficient (Wildman–Crippen LogP) is 5.77. The second-order valence-corrected chi connectivity index (χ2v) is 10.6. The first-order chi connectivity index (χ1) is 16.3. The molecule has 3 aromatic carbocycles. The molecule has 3 aromatic rings. The molecule has 1 saturated heterocycles. The Balaban J connectivity index is 1.62. The summed E-state index contributed by atoms with van der Waals surface area (Å²) < 4.78 is 0.865. The molecule has 2 amide bonds. The summed E-state index contributed by atoms with van der Waals surface area (Å²) in [5.41, 5.74) is 1.92. The zero-order chi connectivity index (χ0) is 23.8. The molecule has 0 aromatic heterocycles. The Hall–Kier alpha value is -3.31. The Morgan fingerprint density at radius 1 is 0.647 bits per heavy atom. The molecule has 3 aliphatic rings. The molecule has 5 heteroatoms. The summed E-state index contributed by atoms with van der Waals surface area (Å²) in [5.74, 6) is -2.09. The van der Waals surface area contributed by atoms with Gasteiger partial charge in [-0.3, -0.25) is 14.4 Å². The molecule has 4 nitrogen and oxygen atoms in total. The molecule has 34 heavy (non-hydrogen) atoms. The summed E-state index contributed by atoms with van der Waals surface area (Å²) in [5, 5.41) is 0. The molecule has 0 radical (unpaired) electrons. The monoisotopic (exact) mass is 511 g/mol. The minimum absolute atomic E-state index is 0.0372. The molecule has 2 aliphatic carbocycles. The maximum Gasteiger partial charge on any atom is 0.239 e. The highest BCUT2D eigenvalue weighted by atomic mass is 79.9. The highest BCUT2D eigenvalue weighted by molar-refractivity contribution is 9.10. The lowest BCUT2D eigenvalue weighted by Gasteiger charge is -2.35. The molecule has 2 bridgehead atoms. The number of hydrogen-bond donors (Lipinski definition) is 0. The number of fused-ring (bicyclic) bond motifs is 5. The molecule has 6 rings (SSSR count). The first-order valence-corrected chi connectivity index (χ1v) is 12.1. The Morgan fingerprint density at radius 2 is 1.06 bits per heavy atom. The van der Waals surface area contributed by atoms with E-state index in [2.05, 4.69) is 15.9 Å². The average Bonchev–Trinajstić information content (AvgIpc) is 3.30. The molecule has 1 heterocycles. The van der Waals surface area contributed by atoms with Crippen LogP contribution in [0.3, 0.4) is 0 Å². The molecular formula is C29H22BrNO3. The Morgan fingerprint density at radius 3 is 1.47 bits per heavy atom. The second-order valence-electron chi connectivity index (χ2n) is 9.66. The van der Waals surface area contributed by atoms with Crippen molar-refractivity contribution in [1.29, 1.82) is 0 Å². The molecule has 4 atom stereocenters. The van der Waals surface area contributed by atoms with Crippen molar-refractivity contribution in [2.75, 3.05) is 4.90 Å². The molecule has 1 aliphatic heterocycles. The fraction of sp³-hybridized carbons (Fsp3) is 0.207. The van der Waals surface area contributed by atoms with Gasteiger partial charge in [0.1, 0.15) is 0 Å². The van der Waals surface area contributed by atoms with Gasteiger partial charge >= 0.3 is 0 Å². The van der Waals surface area contributed by atoms with Crippen LogP contribution in [0.2, 0.25) is 0 Å². The van der Waals surface area contributed by atoms with Crippen molar-refractivity contribution in [2.45, 2.75) is 13.8 Å². The van der Waals surface area contributed by atoms with Gasteiger partial charge in [0.05, 0.1) is 28.4 Å². The number of imide groups is 1. The van der Waals surface area contributed by atoms with E-state index < -0.39 is 22.7 Å². The van der Waals surface area contributed by atoms with Crippen molar-refractivity contribution in [1.82, 2.24) is 0 Å². The highest BCUT2D eigenvalue weighted by Crippen LogP contribution is 2.73. The van der Waals surface area contributed by atoms with E-state index in [1.165, 1.54) is 4.90 Å². The van der Waals surface area contributed by atoms with Crippen molar-refractivity contribution in [3.05, 3.63) is 101 Å². The van der Waals surface area contributed by atoms with Gasteiger partial charge in [-0.05, 0) is 60.4 Å². The third-order valence-electron chi connectivity index (χ3n) is 7.99. The van der Waals surface area contributed by atoms with Gasteiger partial charge in [0.2, 0.25) is 11.8 Å². The highest BCUT2D eigenvalue weighted by Gasteiger charge is 2.78. The van der Waals surface area contributed by atoms with Crippen LogP contribution in [0.25, 0.3) is 11.1 Å². The maximum absolute atomic E-state index is 14.2. The summed E-state index contributed by atoms with van der Waals surface area (Å²) in [6.45, 7) is 3.74. The normalized spacial score (nSPS) is 29.9. The van der Waals surface area contributed by atoms with E-state index in [0.717, 1.165) is 26.7 Å². The molecular weight excluding hydrogens is 490 g/mol. The van der Waals surface area contributed by atoms with Crippen LogP contribution in [0.1, 0.15) is 25.0 Å². The van der Waals surface area contributed by atoms with Crippen LogP contribution in [-0.4, -0.2) is 17.6 Å². The minimum Gasteiger partial charge on any atom is -0.298 e. The van der Waals surface area contributed by atoms with E-state index >= 15 is 0 Å². The number of hydrogen-bond acceptors (Lipinski definition) is 3. The van der Waals surface area contributed by atoms with Gasteiger partial charge < -0.3 is 0 Å². The van der Waals surface area contributed by atoms with Crippen LogP contribution < -0.4 is 4.90 Å². The lowest BCUT2D eigenvalue weighted by Crippen LogP contribution is -2.40. The number of carbonyl (C=O) groups excluding carboxylic acids is 3. The number of amides is 2. The van der Waals surface area contributed by atoms with Crippen LogP contribution in [0.4, 0.5) is 5.69 Å². The van der Waals surface area contributed by atoms with Crippen LogP contribution in [0.15, 0.2) is 89.4 Å². The number of halogens is 1. The Labute approximate surface area is 206 Å². The number of rotatable bonds is 3. The predicted molar refractivity (Wildman–Crippen MR) is 135 cm³/mol. The van der Waals surface area contributed by atoms with E-state index in [-0.39, 0.29) is 17.6 Å². The lowest BCUT2D eigenvalue weighted by molar-refractivity contribution is -0.133. The third-order valence-corrected chi connectivity index (χ3v) is 8.52. The average molecular weight is 512 g/mol.